The number of carbonyl (C=O) groups is 4. The molecule has 0 saturated heterocycles. The molecule has 5 N–H and O–H groups in total. The molecule has 9 rings (SSSR count). The molecule has 296 valence electrons. The normalized spacial score (nSPS) is 11.0. The fourth-order valence-corrected chi connectivity index (χ4v) is 7.57. The van der Waals surface area contributed by atoms with Crippen LogP contribution in [0, 0.1) is 0 Å². The van der Waals surface area contributed by atoms with Crippen LogP contribution in [0.25, 0.3) is 44.0 Å². The maximum Gasteiger partial charge on any atom is 0.256 e. The van der Waals surface area contributed by atoms with Gasteiger partial charge in [0.25, 0.3) is 23.6 Å². The lowest BCUT2D eigenvalue weighted by molar-refractivity contribution is 0.101. The summed E-state index contributed by atoms with van der Waals surface area (Å²) in [6.45, 7) is 0. The molecule has 0 atom stereocenters. The van der Waals surface area contributed by atoms with Crippen LogP contribution >= 0.6 is 23.2 Å². The molecule has 0 aliphatic rings. The van der Waals surface area contributed by atoms with Gasteiger partial charge in [0, 0.05) is 39.2 Å². The third kappa shape index (κ3) is 8.01. The van der Waals surface area contributed by atoms with Gasteiger partial charge in [-0.05, 0) is 113 Å². The molecule has 0 unspecified atom stereocenters. The molecular weight excluding hydrogens is 807 g/mol. The van der Waals surface area contributed by atoms with Crippen LogP contribution in [0.4, 0.5) is 22.7 Å². The average molecular weight is 840 g/mol. The van der Waals surface area contributed by atoms with Gasteiger partial charge in [-0.25, -0.2) is 4.98 Å². The Bertz CT molecular complexity index is 3190. The van der Waals surface area contributed by atoms with Gasteiger partial charge in [0.1, 0.15) is 5.82 Å². The summed E-state index contributed by atoms with van der Waals surface area (Å²) in [6, 6.07) is 48.2. The number of fused-ring (bicyclic) bond motifs is 3. The van der Waals surface area contributed by atoms with Crippen molar-refractivity contribution < 1.29 is 19.2 Å². The molecule has 0 radical (unpaired) electrons. The first-order chi connectivity index (χ1) is 29.7. The summed E-state index contributed by atoms with van der Waals surface area (Å²) < 4.78 is 0. The first-order valence-corrected chi connectivity index (χ1v) is 19.8. The number of halogens is 2. The Morgan fingerprint density at radius 3 is 1.51 bits per heavy atom. The number of H-pyrrole nitrogens is 1. The summed E-state index contributed by atoms with van der Waals surface area (Å²) >= 11 is 13.4. The molecule has 10 nitrogen and oxygen atoms in total. The average Bonchev–Trinajstić information content (AvgIpc) is 3.73. The highest BCUT2D eigenvalue weighted by molar-refractivity contribution is 6.38. The Hall–Kier alpha value is -7.79. The van der Waals surface area contributed by atoms with Gasteiger partial charge < -0.3 is 26.3 Å². The molecule has 9 aromatic rings. The van der Waals surface area contributed by atoms with Crippen molar-refractivity contribution >= 4 is 102 Å². The maximum absolute atomic E-state index is 13.3. The second kappa shape index (κ2) is 16.5. The van der Waals surface area contributed by atoms with Gasteiger partial charge in [0.2, 0.25) is 0 Å². The Morgan fingerprint density at radius 1 is 0.475 bits per heavy atom. The standard InChI is InChI=1S/C49H32Cl2N6O4/c50-39-27-32(19-24-40(39)55-46(58)30-15-20-33(21-16-30)52-48(60)37-13-5-9-28-7-1-3-11-35(28)37)45-54-42-26-25-41(43(51)44(42)57-45)56-47(59)31-17-22-34(23-18-31)53-49(61)38-14-6-10-29-8-2-4-12-36(29)38/h1-27H,(H,52,60)(H,53,61)(H,54,57)(H,55,58)(H,56,59). The molecule has 0 aliphatic heterocycles. The molecule has 8 aromatic carbocycles. The minimum Gasteiger partial charge on any atom is -0.337 e. The minimum absolute atomic E-state index is 0.250. The first kappa shape index (κ1) is 38.7. The minimum atomic E-state index is -0.392. The quantitative estimate of drug-likeness (QED) is 0.0982. The molecule has 4 amide bonds. The number of hydrogen-bond acceptors (Lipinski definition) is 5. The van der Waals surface area contributed by atoms with Crippen LogP contribution in [0.3, 0.4) is 0 Å². The lowest BCUT2D eigenvalue weighted by atomic mass is 10.0. The predicted molar refractivity (Wildman–Crippen MR) is 244 cm³/mol. The van der Waals surface area contributed by atoms with Crippen molar-refractivity contribution in [3.63, 3.8) is 0 Å². The second-order valence-electron chi connectivity index (χ2n) is 14.1. The summed E-state index contributed by atoms with van der Waals surface area (Å²) in [5.74, 6) is -0.801. The SMILES string of the molecule is O=C(Nc1ccc(-c2nc3ccc(NC(=O)c4ccc(NC(=O)c5cccc6ccccc56)cc4)c(Cl)c3[nH]2)cc1Cl)c1ccc(NC(=O)c2cccc3ccccc23)cc1. The lowest BCUT2D eigenvalue weighted by Crippen LogP contribution is -2.14. The van der Waals surface area contributed by atoms with E-state index >= 15 is 0 Å². The largest absolute Gasteiger partial charge is 0.337 e. The van der Waals surface area contributed by atoms with Crippen LogP contribution in [0.5, 0.6) is 0 Å². The van der Waals surface area contributed by atoms with E-state index in [-0.39, 0.29) is 27.8 Å². The number of carbonyl (C=O) groups excluding carboxylic acids is 4. The van der Waals surface area contributed by atoms with E-state index in [2.05, 4.69) is 31.2 Å². The Balaban J connectivity index is 0.831. The number of amides is 4. The van der Waals surface area contributed by atoms with E-state index in [9.17, 15) is 19.2 Å². The van der Waals surface area contributed by atoms with E-state index in [1.165, 1.54) is 0 Å². The maximum atomic E-state index is 13.3. The van der Waals surface area contributed by atoms with Crippen LogP contribution in [-0.4, -0.2) is 33.6 Å². The number of anilines is 4. The van der Waals surface area contributed by atoms with Crippen molar-refractivity contribution in [1.82, 2.24) is 9.97 Å². The summed E-state index contributed by atoms with van der Waals surface area (Å²) in [6.07, 6.45) is 0. The van der Waals surface area contributed by atoms with Gasteiger partial charge in [0.15, 0.2) is 0 Å². The van der Waals surface area contributed by atoms with Gasteiger partial charge in [-0.3, -0.25) is 19.2 Å². The highest BCUT2D eigenvalue weighted by Crippen LogP contribution is 2.34. The van der Waals surface area contributed by atoms with Gasteiger partial charge >= 0.3 is 0 Å². The third-order valence-corrected chi connectivity index (χ3v) is 10.9. The van der Waals surface area contributed by atoms with E-state index in [4.69, 9.17) is 23.2 Å². The summed E-state index contributed by atoms with van der Waals surface area (Å²) in [5, 5.41) is 15.7. The van der Waals surface area contributed by atoms with Gasteiger partial charge in [-0.15, -0.1) is 0 Å². The lowest BCUT2D eigenvalue weighted by Gasteiger charge is -2.10. The molecular formula is C49H32Cl2N6O4. The van der Waals surface area contributed by atoms with Crippen LogP contribution < -0.4 is 21.3 Å². The summed E-state index contributed by atoms with van der Waals surface area (Å²) in [7, 11) is 0. The van der Waals surface area contributed by atoms with Crippen molar-refractivity contribution in [2.75, 3.05) is 21.3 Å². The van der Waals surface area contributed by atoms with Crippen molar-refractivity contribution in [3.8, 4) is 11.4 Å². The fraction of sp³-hybridized carbons (Fsp3) is 0. The van der Waals surface area contributed by atoms with Gasteiger partial charge in [-0.2, -0.15) is 0 Å². The highest BCUT2D eigenvalue weighted by atomic mass is 35.5. The number of imidazole rings is 1. The number of benzene rings is 8. The van der Waals surface area contributed by atoms with E-state index in [0.29, 0.717) is 67.4 Å². The molecule has 0 spiro atoms. The first-order valence-electron chi connectivity index (χ1n) is 19.1. The number of hydrogen-bond donors (Lipinski definition) is 5. The number of nitrogens with zero attached hydrogens (tertiary/aromatic N) is 1. The molecule has 0 fully saturated rings. The zero-order valence-electron chi connectivity index (χ0n) is 31.9. The second-order valence-corrected chi connectivity index (χ2v) is 14.9. The van der Waals surface area contributed by atoms with Crippen molar-refractivity contribution in [2.24, 2.45) is 0 Å². The molecule has 1 aromatic heterocycles. The molecule has 61 heavy (non-hydrogen) atoms. The van der Waals surface area contributed by atoms with Crippen LogP contribution in [0.15, 0.2) is 164 Å². The van der Waals surface area contributed by atoms with E-state index < -0.39 is 5.91 Å². The Kier molecular flexibility index (Phi) is 10.4. The Labute approximate surface area is 358 Å². The Morgan fingerprint density at radius 2 is 0.967 bits per heavy atom. The van der Waals surface area contributed by atoms with Crippen LogP contribution in [0.1, 0.15) is 41.4 Å². The summed E-state index contributed by atoms with van der Waals surface area (Å²) in [5.41, 5.74) is 5.41. The van der Waals surface area contributed by atoms with E-state index in [1.54, 1.807) is 91.0 Å². The number of aromatic nitrogens is 2. The predicted octanol–water partition coefficient (Wildman–Crippen LogP) is 11.9. The number of rotatable bonds is 9. The molecule has 1 heterocycles. The van der Waals surface area contributed by atoms with Crippen molar-refractivity contribution in [1.29, 1.82) is 0 Å². The zero-order chi connectivity index (χ0) is 42.0. The number of aromatic amines is 1. The van der Waals surface area contributed by atoms with E-state index in [1.807, 2.05) is 72.8 Å². The summed E-state index contributed by atoms with van der Waals surface area (Å²) in [4.78, 5) is 60.5. The number of nitrogens with one attached hydrogen (secondary N) is 5. The van der Waals surface area contributed by atoms with Gasteiger partial charge in [0.05, 0.1) is 32.5 Å². The van der Waals surface area contributed by atoms with Crippen molar-refractivity contribution in [2.45, 2.75) is 0 Å². The smallest absolute Gasteiger partial charge is 0.256 e. The molecule has 0 aliphatic carbocycles. The molecule has 12 heteroatoms. The molecule has 0 bridgehead atoms. The fourth-order valence-electron chi connectivity index (χ4n) is 7.08. The highest BCUT2D eigenvalue weighted by Gasteiger charge is 2.17. The zero-order valence-corrected chi connectivity index (χ0v) is 33.4. The van der Waals surface area contributed by atoms with Crippen LogP contribution in [-0.2, 0) is 0 Å². The van der Waals surface area contributed by atoms with Crippen molar-refractivity contribution in [3.05, 3.63) is 196 Å². The van der Waals surface area contributed by atoms with E-state index in [0.717, 1.165) is 21.5 Å². The molecule has 0 saturated carbocycles. The van der Waals surface area contributed by atoms with Gasteiger partial charge in [-0.1, -0.05) is 96.0 Å². The third-order valence-electron chi connectivity index (χ3n) is 10.2. The van der Waals surface area contributed by atoms with Crippen LogP contribution in [0.2, 0.25) is 10.0 Å². The monoisotopic (exact) mass is 838 g/mol. The topological polar surface area (TPSA) is 145 Å².